The van der Waals surface area contributed by atoms with Crippen LogP contribution in [0.3, 0.4) is 0 Å². The fourth-order valence-electron chi connectivity index (χ4n) is 2.68. The molecule has 3 amide bonds. The summed E-state index contributed by atoms with van der Waals surface area (Å²) in [7, 11) is 1.09. The number of esters is 1. The molecule has 3 N–H and O–H groups in total. The summed E-state index contributed by atoms with van der Waals surface area (Å²) in [5.41, 5.74) is 0.771. The van der Waals surface area contributed by atoms with Crippen molar-refractivity contribution in [2.45, 2.75) is 51.9 Å². The first-order valence-electron chi connectivity index (χ1n) is 10.3. The fraction of sp³-hybridized carbons (Fsp3) is 0.500. The quantitative estimate of drug-likeness (QED) is 0.390. The highest BCUT2D eigenvalue weighted by molar-refractivity contribution is 5.96. The van der Waals surface area contributed by atoms with E-state index in [4.69, 9.17) is 4.74 Å². The number of rotatable bonds is 12. The van der Waals surface area contributed by atoms with Gasteiger partial charge in [-0.15, -0.1) is 0 Å². The van der Waals surface area contributed by atoms with Crippen molar-refractivity contribution in [1.29, 1.82) is 0 Å². The Balaban J connectivity index is 2.68. The van der Waals surface area contributed by atoms with Crippen molar-refractivity contribution in [3.05, 3.63) is 35.9 Å². The number of alkyl halides is 1. The molecule has 10 nitrogen and oxygen atoms in total. The van der Waals surface area contributed by atoms with Crippen LogP contribution in [0.5, 0.6) is 0 Å². The highest BCUT2D eigenvalue weighted by Crippen LogP contribution is 2.06. The van der Waals surface area contributed by atoms with E-state index in [0.29, 0.717) is 0 Å². The van der Waals surface area contributed by atoms with Crippen LogP contribution < -0.4 is 16.0 Å². The van der Waals surface area contributed by atoms with Crippen molar-refractivity contribution >= 4 is 29.7 Å². The van der Waals surface area contributed by atoms with Gasteiger partial charge in [0, 0.05) is 0 Å². The molecule has 11 heteroatoms. The Morgan fingerprint density at radius 1 is 0.939 bits per heavy atom. The van der Waals surface area contributed by atoms with Gasteiger partial charge in [0.2, 0.25) is 11.8 Å². The summed E-state index contributed by atoms with van der Waals surface area (Å²) in [6, 6.07) is 5.39. The first-order valence-corrected chi connectivity index (χ1v) is 10.3. The number of carbonyl (C=O) groups is 5. The Bertz CT molecular complexity index is 833. The van der Waals surface area contributed by atoms with Gasteiger partial charge in [-0.25, -0.2) is 9.18 Å². The molecule has 0 fully saturated rings. The Hall–Kier alpha value is -3.50. The van der Waals surface area contributed by atoms with Gasteiger partial charge in [0.25, 0.3) is 0 Å². The van der Waals surface area contributed by atoms with E-state index in [1.165, 1.54) is 6.92 Å². The summed E-state index contributed by atoms with van der Waals surface area (Å²) in [5.74, 6) is -3.63. The van der Waals surface area contributed by atoms with Crippen molar-refractivity contribution in [3.8, 4) is 0 Å². The summed E-state index contributed by atoms with van der Waals surface area (Å²) in [6.45, 7) is 3.36. The lowest BCUT2D eigenvalue weighted by molar-refractivity contribution is -0.143. The van der Waals surface area contributed by atoms with E-state index in [9.17, 15) is 28.4 Å². The first-order chi connectivity index (χ1) is 15.6. The maximum atomic E-state index is 12.8. The Kier molecular flexibility index (Phi) is 11.5. The van der Waals surface area contributed by atoms with Crippen LogP contribution in [-0.2, 0) is 35.3 Å². The molecule has 182 valence electrons. The summed E-state index contributed by atoms with van der Waals surface area (Å²) in [5, 5.41) is 7.12. The fourth-order valence-corrected chi connectivity index (χ4v) is 2.68. The van der Waals surface area contributed by atoms with E-state index >= 15 is 0 Å². The van der Waals surface area contributed by atoms with Gasteiger partial charge in [-0.1, -0.05) is 44.2 Å². The minimum Gasteiger partial charge on any atom is -0.469 e. The molecular formula is C22H30FN3O7. The average Bonchev–Trinajstić information content (AvgIpc) is 2.80. The zero-order valence-electron chi connectivity index (χ0n) is 19.1. The molecule has 0 saturated carbocycles. The smallest absolute Gasteiger partial charge is 0.408 e. The Morgan fingerprint density at radius 2 is 1.58 bits per heavy atom. The predicted molar refractivity (Wildman–Crippen MR) is 116 cm³/mol. The van der Waals surface area contributed by atoms with Gasteiger partial charge in [-0.2, -0.15) is 0 Å². The van der Waals surface area contributed by atoms with Crippen LogP contribution in [0.4, 0.5) is 9.18 Å². The van der Waals surface area contributed by atoms with Gasteiger partial charge < -0.3 is 25.4 Å². The molecule has 0 saturated heterocycles. The van der Waals surface area contributed by atoms with E-state index < -0.39 is 60.9 Å². The number of benzene rings is 1. The summed E-state index contributed by atoms with van der Waals surface area (Å²) in [6.07, 6.45) is -1.36. The standard InChI is InChI=1S/C22H30FN3O7/c1-13(2)19(26-22(31)33-12-15-8-6-5-7-9-15)21(30)24-14(3)20(29)25-16(17(27)11-23)10-18(28)32-4/h5-9,13-14,16,19H,10-12H2,1-4H3,(H,24,30)(H,25,29)(H,26,31)/t14-,16?,19-/m1/s1. The van der Waals surface area contributed by atoms with Gasteiger partial charge in [0.1, 0.15) is 31.4 Å². The normalized spacial score (nSPS) is 13.3. The zero-order chi connectivity index (χ0) is 25.0. The number of methoxy groups -OCH3 is 1. The van der Waals surface area contributed by atoms with Gasteiger partial charge in [-0.3, -0.25) is 19.2 Å². The molecule has 0 heterocycles. The zero-order valence-corrected chi connectivity index (χ0v) is 19.1. The van der Waals surface area contributed by atoms with Gasteiger partial charge in [0.15, 0.2) is 5.78 Å². The number of carbonyl (C=O) groups excluding carboxylic acids is 5. The lowest BCUT2D eigenvalue weighted by atomic mass is 10.0. The third-order valence-corrected chi connectivity index (χ3v) is 4.62. The van der Waals surface area contributed by atoms with Crippen molar-refractivity contribution in [2.24, 2.45) is 5.92 Å². The maximum absolute atomic E-state index is 12.8. The average molecular weight is 467 g/mol. The minimum atomic E-state index is -1.43. The molecule has 0 radical (unpaired) electrons. The van der Waals surface area contributed by atoms with Gasteiger partial charge >= 0.3 is 12.1 Å². The van der Waals surface area contributed by atoms with E-state index in [0.717, 1.165) is 12.7 Å². The topological polar surface area (TPSA) is 140 Å². The molecule has 1 unspecified atom stereocenters. The number of alkyl carbamates (subject to hydrolysis) is 1. The second-order valence-corrected chi connectivity index (χ2v) is 7.60. The largest absolute Gasteiger partial charge is 0.469 e. The molecule has 0 spiro atoms. The molecule has 0 aliphatic carbocycles. The molecule has 1 aromatic rings. The van der Waals surface area contributed by atoms with Crippen molar-refractivity contribution in [2.75, 3.05) is 13.8 Å². The Labute approximate surface area is 191 Å². The van der Waals surface area contributed by atoms with Crippen LogP contribution in [0.1, 0.15) is 32.8 Å². The van der Waals surface area contributed by atoms with Crippen LogP contribution in [0.2, 0.25) is 0 Å². The number of hydrogen-bond donors (Lipinski definition) is 3. The number of halogens is 1. The van der Waals surface area contributed by atoms with Gasteiger partial charge in [-0.05, 0) is 18.4 Å². The number of amides is 3. The molecule has 0 aliphatic rings. The van der Waals surface area contributed by atoms with Crippen molar-refractivity contribution < 1.29 is 37.8 Å². The lowest BCUT2D eigenvalue weighted by Gasteiger charge is -2.24. The van der Waals surface area contributed by atoms with E-state index in [-0.39, 0.29) is 12.5 Å². The number of hydrogen-bond acceptors (Lipinski definition) is 7. The number of Topliss-reactive ketones (excluding diaryl/α,β-unsaturated/α-hetero) is 1. The number of ketones is 1. The van der Waals surface area contributed by atoms with Crippen molar-refractivity contribution in [1.82, 2.24) is 16.0 Å². The van der Waals surface area contributed by atoms with Crippen LogP contribution in [0.15, 0.2) is 30.3 Å². The Morgan fingerprint density at radius 3 is 2.12 bits per heavy atom. The van der Waals surface area contributed by atoms with Gasteiger partial charge in [0.05, 0.1) is 13.5 Å². The minimum absolute atomic E-state index is 0.0160. The van der Waals surface area contributed by atoms with Crippen LogP contribution >= 0.6 is 0 Å². The SMILES string of the molecule is COC(=O)CC(NC(=O)[C@@H](C)NC(=O)[C@H](NC(=O)OCc1ccccc1)C(C)C)C(=O)CF. The molecule has 1 rings (SSSR count). The monoisotopic (exact) mass is 467 g/mol. The van der Waals surface area contributed by atoms with E-state index in [1.807, 2.05) is 6.07 Å². The van der Waals surface area contributed by atoms with E-state index in [2.05, 4.69) is 20.7 Å². The predicted octanol–water partition coefficient (Wildman–Crippen LogP) is 1.03. The van der Waals surface area contributed by atoms with E-state index in [1.54, 1.807) is 38.1 Å². The number of ether oxygens (including phenoxy) is 2. The third kappa shape index (κ3) is 9.67. The highest BCUT2D eigenvalue weighted by Gasteiger charge is 2.30. The number of nitrogens with one attached hydrogen (secondary N) is 3. The van der Waals surface area contributed by atoms with Crippen LogP contribution in [-0.4, -0.2) is 61.6 Å². The molecule has 3 atom stereocenters. The van der Waals surface area contributed by atoms with Crippen LogP contribution in [0, 0.1) is 5.92 Å². The summed E-state index contributed by atoms with van der Waals surface area (Å²) in [4.78, 5) is 60.3. The molecule has 1 aromatic carbocycles. The second kappa shape index (κ2) is 13.8. The molecule has 0 aromatic heterocycles. The van der Waals surface area contributed by atoms with Crippen LogP contribution in [0.25, 0.3) is 0 Å². The third-order valence-electron chi connectivity index (χ3n) is 4.62. The lowest BCUT2D eigenvalue weighted by Crippen LogP contribution is -2.56. The molecular weight excluding hydrogens is 437 g/mol. The van der Waals surface area contributed by atoms with Crippen molar-refractivity contribution in [3.63, 3.8) is 0 Å². The molecule has 33 heavy (non-hydrogen) atoms. The summed E-state index contributed by atoms with van der Waals surface area (Å²) >= 11 is 0. The first kappa shape index (κ1) is 27.5. The summed E-state index contributed by atoms with van der Waals surface area (Å²) < 4.78 is 22.3. The highest BCUT2D eigenvalue weighted by atomic mass is 19.1. The molecule has 0 aliphatic heterocycles. The molecule has 0 bridgehead atoms. The second-order valence-electron chi connectivity index (χ2n) is 7.60. The maximum Gasteiger partial charge on any atom is 0.408 e.